The fourth-order valence-corrected chi connectivity index (χ4v) is 0.757. The third-order valence-corrected chi connectivity index (χ3v) is 1.46. The second-order valence-electron chi connectivity index (χ2n) is 2.74. The van der Waals surface area contributed by atoms with Crippen LogP contribution in [0, 0.1) is 0 Å². The summed E-state index contributed by atoms with van der Waals surface area (Å²) < 4.78 is 9.38. The largest absolute Gasteiger partial charge is 0.464 e. The number of esters is 2. The third kappa shape index (κ3) is 7.26. The van der Waals surface area contributed by atoms with E-state index in [-0.39, 0.29) is 19.8 Å². The number of ether oxygens (including phenoxy) is 2. The van der Waals surface area contributed by atoms with Crippen LogP contribution in [0.5, 0.6) is 0 Å². The molecule has 0 aromatic heterocycles. The maximum absolute atomic E-state index is 11.4. The van der Waals surface area contributed by atoms with Crippen molar-refractivity contribution in [2.24, 2.45) is 0 Å². The van der Waals surface area contributed by atoms with E-state index in [2.05, 4.69) is 22.8 Å². The maximum Gasteiger partial charge on any atom is 0.342 e. The van der Waals surface area contributed by atoms with Crippen LogP contribution >= 0.6 is 0 Å². The van der Waals surface area contributed by atoms with Gasteiger partial charge >= 0.3 is 11.9 Å². The van der Waals surface area contributed by atoms with E-state index in [4.69, 9.17) is 9.62 Å². The average molecular weight is 244 g/mol. The fourth-order valence-electron chi connectivity index (χ4n) is 0.757. The van der Waals surface area contributed by atoms with E-state index < -0.39 is 18.0 Å². The van der Waals surface area contributed by atoms with Gasteiger partial charge in [0, 0.05) is 6.08 Å². The van der Waals surface area contributed by atoms with Gasteiger partial charge in [0.1, 0.15) is 13.2 Å². The molecule has 0 saturated heterocycles. The number of hydrogen-bond acceptors (Lipinski definition) is 6. The van der Waals surface area contributed by atoms with E-state index in [1.807, 2.05) is 0 Å². The van der Waals surface area contributed by atoms with Crippen molar-refractivity contribution < 1.29 is 28.8 Å². The molecule has 0 N–H and O–H groups in total. The summed E-state index contributed by atoms with van der Waals surface area (Å²) in [5.74, 6) is -1.33. The first kappa shape index (κ1) is 15.3. The molecule has 0 spiro atoms. The molecule has 1 unspecified atom stereocenters. The number of rotatable bonds is 9. The molecule has 0 rings (SSSR count). The Kier molecular flexibility index (Phi) is 8.62. The van der Waals surface area contributed by atoms with Gasteiger partial charge in [-0.05, 0) is 6.92 Å². The zero-order valence-electron chi connectivity index (χ0n) is 9.72. The minimum absolute atomic E-state index is 0.102. The molecule has 96 valence electrons. The number of hydrogen-bond donors (Lipinski definition) is 0. The molecule has 1 atom stereocenters. The van der Waals surface area contributed by atoms with Gasteiger partial charge in [0.05, 0.1) is 6.61 Å². The van der Waals surface area contributed by atoms with Crippen molar-refractivity contribution in [3.05, 3.63) is 25.3 Å². The summed E-state index contributed by atoms with van der Waals surface area (Å²) >= 11 is 0. The molecule has 0 radical (unpaired) electrons. The van der Waals surface area contributed by atoms with Crippen LogP contribution in [0.1, 0.15) is 6.92 Å². The van der Waals surface area contributed by atoms with E-state index in [1.54, 1.807) is 6.92 Å². The SMILES string of the molecule is C=CCOOC(COC(=O)C=C)C(=O)OCC. The summed E-state index contributed by atoms with van der Waals surface area (Å²) in [6, 6.07) is 0. The molecule has 0 aromatic carbocycles. The van der Waals surface area contributed by atoms with E-state index >= 15 is 0 Å². The van der Waals surface area contributed by atoms with Crippen LogP contribution in [0.3, 0.4) is 0 Å². The molecule has 6 nitrogen and oxygen atoms in total. The van der Waals surface area contributed by atoms with Gasteiger partial charge in [-0.15, -0.1) is 6.58 Å². The summed E-state index contributed by atoms with van der Waals surface area (Å²) in [6.07, 6.45) is 1.30. The zero-order chi connectivity index (χ0) is 13.1. The highest BCUT2D eigenvalue weighted by molar-refractivity contribution is 5.82. The molecule has 6 heteroatoms. The summed E-state index contributed by atoms with van der Waals surface area (Å²) in [7, 11) is 0. The topological polar surface area (TPSA) is 71.1 Å². The van der Waals surface area contributed by atoms with Crippen LogP contribution in [0.25, 0.3) is 0 Å². The molecule has 0 amide bonds. The molecule has 0 bridgehead atoms. The van der Waals surface area contributed by atoms with Gasteiger partial charge in [-0.3, -0.25) is 0 Å². The second-order valence-corrected chi connectivity index (χ2v) is 2.74. The van der Waals surface area contributed by atoms with Crippen molar-refractivity contribution in [1.29, 1.82) is 0 Å². The normalized spacial score (nSPS) is 11.4. The van der Waals surface area contributed by atoms with Crippen molar-refractivity contribution in [2.75, 3.05) is 19.8 Å². The van der Waals surface area contributed by atoms with Crippen molar-refractivity contribution in [1.82, 2.24) is 0 Å². The lowest BCUT2D eigenvalue weighted by atomic mass is 10.4. The van der Waals surface area contributed by atoms with Crippen LogP contribution in [0.15, 0.2) is 25.3 Å². The third-order valence-electron chi connectivity index (χ3n) is 1.46. The molecule has 0 heterocycles. The Bertz CT molecular complexity index is 273. The molecular formula is C11H16O6. The molecule has 0 aliphatic heterocycles. The molecule has 0 aromatic rings. The second kappa shape index (κ2) is 9.56. The summed E-state index contributed by atoms with van der Waals surface area (Å²) in [5.41, 5.74) is 0. The van der Waals surface area contributed by atoms with Crippen molar-refractivity contribution in [2.45, 2.75) is 13.0 Å². The minimum Gasteiger partial charge on any atom is -0.464 e. The van der Waals surface area contributed by atoms with Crippen LogP contribution in [-0.2, 0) is 28.8 Å². The van der Waals surface area contributed by atoms with Gasteiger partial charge in [-0.2, -0.15) is 0 Å². The lowest BCUT2D eigenvalue weighted by molar-refractivity contribution is -0.318. The summed E-state index contributed by atoms with van der Waals surface area (Å²) in [6.45, 7) is 8.26. The molecule has 0 fully saturated rings. The lowest BCUT2D eigenvalue weighted by Crippen LogP contribution is -2.32. The maximum atomic E-state index is 11.4. The van der Waals surface area contributed by atoms with Crippen molar-refractivity contribution in [3.63, 3.8) is 0 Å². The molecule has 0 aliphatic rings. The molecule has 0 aliphatic carbocycles. The monoisotopic (exact) mass is 244 g/mol. The predicted molar refractivity (Wildman–Crippen MR) is 58.8 cm³/mol. The van der Waals surface area contributed by atoms with E-state index in [9.17, 15) is 9.59 Å². The first-order chi connectivity index (χ1) is 8.15. The average Bonchev–Trinajstić information content (AvgIpc) is 2.33. The number of carbonyl (C=O) groups excluding carboxylic acids is 2. The Balaban J connectivity index is 4.18. The summed E-state index contributed by atoms with van der Waals surface area (Å²) in [5, 5.41) is 0. The highest BCUT2D eigenvalue weighted by atomic mass is 17.2. The number of carbonyl (C=O) groups is 2. The van der Waals surface area contributed by atoms with Gasteiger partial charge < -0.3 is 9.47 Å². The van der Waals surface area contributed by atoms with E-state index in [1.165, 1.54) is 6.08 Å². The quantitative estimate of drug-likeness (QED) is 0.149. The van der Waals surface area contributed by atoms with Crippen molar-refractivity contribution in [3.8, 4) is 0 Å². The van der Waals surface area contributed by atoms with Crippen LogP contribution in [-0.4, -0.2) is 37.9 Å². The Hall–Kier alpha value is -1.66. The first-order valence-corrected chi connectivity index (χ1v) is 5.00. The highest BCUT2D eigenvalue weighted by Gasteiger charge is 2.23. The van der Waals surface area contributed by atoms with Gasteiger partial charge in [0.15, 0.2) is 0 Å². The zero-order valence-corrected chi connectivity index (χ0v) is 9.72. The molecular weight excluding hydrogens is 228 g/mol. The molecule has 17 heavy (non-hydrogen) atoms. The van der Waals surface area contributed by atoms with E-state index in [0.717, 1.165) is 6.08 Å². The Morgan fingerprint density at radius 2 is 2.00 bits per heavy atom. The van der Waals surface area contributed by atoms with Crippen LogP contribution < -0.4 is 0 Å². The fraction of sp³-hybridized carbons (Fsp3) is 0.455. The summed E-state index contributed by atoms with van der Waals surface area (Å²) in [4.78, 5) is 31.6. The van der Waals surface area contributed by atoms with E-state index in [0.29, 0.717) is 0 Å². The van der Waals surface area contributed by atoms with Crippen LogP contribution in [0.2, 0.25) is 0 Å². The Morgan fingerprint density at radius 1 is 1.29 bits per heavy atom. The van der Waals surface area contributed by atoms with Gasteiger partial charge in [-0.25, -0.2) is 19.4 Å². The van der Waals surface area contributed by atoms with Gasteiger partial charge in [0.2, 0.25) is 6.10 Å². The minimum atomic E-state index is -1.13. The Morgan fingerprint density at radius 3 is 2.53 bits per heavy atom. The van der Waals surface area contributed by atoms with Gasteiger partial charge in [0.25, 0.3) is 0 Å². The first-order valence-electron chi connectivity index (χ1n) is 5.00. The Labute approximate surface area is 99.7 Å². The predicted octanol–water partition coefficient (Wildman–Crippen LogP) is 0.781. The smallest absolute Gasteiger partial charge is 0.342 e. The highest BCUT2D eigenvalue weighted by Crippen LogP contribution is 1.99. The van der Waals surface area contributed by atoms with Gasteiger partial charge in [-0.1, -0.05) is 12.7 Å². The van der Waals surface area contributed by atoms with Crippen LogP contribution in [0.4, 0.5) is 0 Å². The molecule has 0 saturated carbocycles. The van der Waals surface area contributed by atoms with Crippen molar-refractivity contribution >= 4 is 11.9 Å². The standard InChI is InChI=1S/C11H16O6/c1-4-7-16-17-9(11(13)14-6-3)8-15-10(12)5-2/h4-5,9H,1-2,6-8H2,3H3. The lowest BCUT2D eigenvalue weighted by Gasteiger charge is -2.14.